The molecule has 0 spiro atoms. The van der Waals surface area contributed by atoms with E-state index >= 15 is 0 Å². The predicted molar refractivity (Wildman–Crippen MR) is 118 cm³/mol. The summed E-state index contributed by atoms with van der Waals surface area (Å²) in [7, 11) is 0. The summed E-state index contributed by atoms with van der Waals surface area (Å²) >= 11 is 19.4. The lowest BCUT2D eigenvalue weighted by Gasteiger charge is -2.24. The third kappa shape index (κ3) is 4.18. The van der Waals surface area contributed by atoms with E-state index in [0.717, 1.165) is 21.4 Å². The van der Waals surface area contributed by atoms with Crippen LogP contribution in [0.3, 0.4) is 0 Å². The van der Waals surface area contributed by atoms with Gasteiger partial charge >= 0.3 is 0 Å². The van der Waals surface area contributed by atoms with Gasteiger partial charge in [-0.25, -0.2) is 4.98 Å². The fourth-order valence-electron chi connectivity index (χ4n) is 2.38. The Hall–Kier alpha value is -1.66. The van der Waals surface area contributed by atoms with Crippen LogP contribution in [0.15, 0.2) is 42.6 Å². The van der Waals surface area contributed by atoms with Gasteiger partial charge in [0.1, 0.15) is 0 Å². The lowest BCUT2D eigenvalue weighted by atomic mass is 10.1. The first-order valence-electron chi connectivity index (χ1n) is 7.91. The van der Waals surface area contributed by atoms with Gasteiger partial charge in [0, 0.05) is 16.8 Å². The van der Waals surface area contributed by atoms with Crippen molar-refractivity contribution in [2.45, 2.75) is 20.8 Å². The maximum atomic E-state index is 6.11. The number of halogens is 2. The normalized spacial score (nSPS) is 10.7. The fourth-order valence-corrected chi connectivity index (χ4v) is 3.83. The Morgan fingerprint density at radius 2 is 1.81 bits per heavy atom. The maximum Gasteiger partial charge on any atom is 0.196 e. The molecule has 3 nitrogen and oxygen atoms in total. The molecule has 2 aromatic carbocycles. The molecule has 26 heavy (non-hydrogen) atoms. The third-order valence-corrected chi connectivity index (χ3v) is 5.84. The topological polar surface area (TPSA) is 28.2 Å². The molecule has 0 aliphatic rings. The second kappa shape index (κ2) is 7.92. The van der Waals surface area contributed by atoms with Gasteiger partial charge in [-0.05, 0) is 74.4 Å². The summed E-state index contributed by atoms with van der Waals surface area (Å²) in [5.74, 6) is 0. The molecule has 0 atom stereocenters. The first-order chi connectivity index (χ1) is 12.3. The van der Waals surface area contributed by atoms with E-state index in [0.29, 0.717) is 15.2 Å². The van der Waals surface area contributed by atoms with E-state index in [4.69, 9.17) is 35.4 Å². The van der Waals surface area contributed by atoms with E-state index in [2.05, 4.69) is 36.3 Å². The molecule has 0 amide bonds. The Morgan fingerprint density at radius 3 is 2.42 bits per heavy atom. The lowest BCUT2D eigenvalue weighted by molar-refractivity contribution is 1.25. The van der Waals surface area contributed by atoms with Gasteiger partial charge in [-0.15, -0.1) is 11.3 Å². The van der Waals surface area contributed by atoms with Crippen molar-refractivity contribution < 1.29 is 0 Å². The van der Waals surface area contributed by atoms with Crippen LogP contribution in [-0.2, 0) is 0 Å². The molecule has 0 aliphatic carbocycles. The maximum absolute atomic E-state index is 6.11. The molecule has 0 radical (unpaired) electrons. The highest BCUT2D eigenvalue weighted by atomic mass is 35.5. The van der Waals surface area contributed by atoms with E-state index in [9.17, 15) is 0 Å². The average Bonchev–Trinajstić information content (AvgIpc) is 3.00. The number of aromatic nitrogens is 1. The van der Waals surface area contributed by atoms with Crippen molar-refractivity contribution in [3.05, 3.63) is 68.6 Å². The lowest BCUT2D eigenvalue weighted by Crippen LogP contribution is -2.30. The zero-order valence-electron chi connectivity index (χ0n) is 14.5. The number of nitrogens with zero attached hydrogens (tertiary/aromatic N) is 2. The van der Waals surface area contributed by atoms with Gasteiger partial charge in [-0.1, -0.05) is 29.3 Å². The van der Waals surface area contributed by atoms with Crippen LogP contribution in [0.1, 0.15) is 16.0 Å². The van der Waals surface area contributed by atoms with Crippen molar-refractivity contribution in [1.29, 1.82) is 0 Å². The van der Waals surface area contributed by atoms with Gasteiger partial charge in [0.25, 0.3) is 0 Å². The zero-order valence-corrected chi connectivity index (χ0v) is 17.7. The minimum absolute atomic E-state index is 0.474. The quantitative estimate of drug-likeness (QED) is 0.464. The summed E-state index contributed by atoms with van der Waals surface area (Å²) in [6.07, 6.45) is 1.84. The number of aryl methyl sites for hydroxylation is 3. The van der Waals surface area contributed by atoms with E-state index in [-0.39, 0.29) is 0 Å². The third-order valence-electron chi connectivity index (χ3n) is 3.92. The molecule has 0 saturated carbocycles. The minimum Gasteiger partial charge on any atom is -0.332 e. The van der Waals surface area contributed by atoms with Gasteiger partial charge in [0.05, 0.1) is 15.7 Å². The molecule has 0 fully saturated rings. The summed E-state index contributed by atoms with van der Waals surface area (Å²) in [5, 5.41) is 5.53. The number of nitrogens with one attached hydrogen (secondary N) is 1. The van der Waals surface area contributed by atoms with Gasteiger partial charge in [-0.3, -0.25) is 4.90 Å². The molecule has 3 aromatic rings. The van der Waals surface area contributed by atoms with Crippen LogP contribution in [0.4, 0.5) is 16.5 Å². The Balaban J connectivity index is 1.98. The van der Waals surface area contributed by atoms with Gasteiger partial charge in [-0.2, -0.15) is 0 Å². The zero-order chi connectivity index (χ0) is 18.8. The fraction of sp³-hybridized carbons (Fsp3) is 0.158. The molecule has 134 valence electrons. The van der Waals surface area contributed by atoms with Gasteiger partial charge in [0.15, 0.2) is 10.2 Å². The Morgan fingerprint density at radius 1 is 1.04 bits per heavy atom. The van der Waals surface area contributed by atoms with Gasteiger partial charge < -0.3 is 5.32 Å². The van der Waals surface area contributed by atoms with Crippen LogP contribution in [-0.4, -0.2) is 10.1 Å². The molecule has 7 heteroatoms. The van der Waals surface area contributed by atoms with E-state index in [1.54, 1.807) is 23.5 Å². The standard InChI is InChI=1S/C19H17Cl2N3S2/c1-11-4-6-15(8-12(11)2)24(19-22-10-13(3)26-19)18(25)23-14-5-7-16(20)17(21)9-14/h4-10H,1-3H3,(H,23,25). The molecule has 0 unspecified atom stereocenters. The number of benzene rings is 2. The largest absolute Gasteiger partial charge is 0.332 e. The van der Waals surface area contributed by atoms with Crippen molar-refractivity contribution in [2.24, 2.45) is 0 Å². The van der Waals surface area contributed by atoms with Crippen LogP contribution >= 0.6 is 46.8 Å². The van der Waals surface area contributed by atoms with Crippen LogP contribution in [0, 0.1) is 20.8 Å². The van der Waals surface area contributed by atoms with Gasteiger partial charge in [0.2, 0.25) is 0 Å². The molecular weight excluding hydrogens is 405 g/mol. The molecule has 0 bridgehead atoms. The molecule has 0 aliphatic heterocycles. The number of anilines is 3. The summed E-state index contributed by atoms with van der Waals surface area (Å²) in [5.41, 5.74) is 4.15. The number of rotatable bonds is 3. The summed E-state index contributed by atoms with van der Waals surface area (Å²) in [6.45, 7) is 6.19. The Bertz CT molecular complexity index is 969. The highest BCUT2D eigenvalue weighted by Gasteiger charge is 2.19. The predicted octanol–water partition coefficient (Wildman–Crippen LogP) is 6.91. The van der Waals surface area contributed by atoms with Crippen LogP contribution in [0.5, 0.6) is 0 Å². The second-order valence-corrected chi connectivity index (χ2v) is 8.33. The highest BCUT2D eigenvalue weighted by Crippen LogP contribution is 2.32. The number of hydrogen-bond donors (Lipinski definition) is 1. The number of thiocarbonyl (C=S) groups is 1. The van der Waals surface area contributed by atoms with Crippen molar-refractivity contribution in [2.75, 3.05) is 10.2 Å². The monoisotopic (exact) mass is 421 g/mol. The van der Waals surface area contributed by atoms with Crippen molar-refractivity contribution in [3.8, 4) is 0 Å². The molecule has 1 aromatic heterocycles. The average molecular weight is 422 g/mol. The van der Waals surface area contributed by atoms with Crippen LogP contribution in [0.25, 0.3) is 0 Å². The molecule has 3 rings (SSSR count). The molecule has 1 heterocycles. The SMILES string of the molecule is Cc1cnc(N(C(=S)Nc2ccc(Cl)c(Cl)c2)c2ccc(C)c(C)c2)s1. The summed E-state index contributed by atoms with van der Waals surface area (Å²) in [4.78, 5) is 7.56. The number of thiazole rings is 1. The number of hydrogen-bond acceptors (Lipinski definition) is 3. The highest BCUT2D eigenvalue weighted by molar-refractivity contribution is 7.80. The van der Waals surface area contributed by atoms with Crippen LogP contribution in [0.2, 0.25) is 10.0 Å². The summed E-state index contributed by atoms with van der Waals surface area (Å²) in [6, 6.07) is 11.6. The molecular formula is C19H17Cl2N3S2. The van der Waals surface area contributed by atoms with E-state index in [1.807, 2.05) is 30.2 Å². The van der Waals surface area contributed by atoms with Crippen LogP contribution < -0.4 is 10.2 Å². The van der Waals surface area contributed by atoms with E-state index in [1.165, 1.54) is 11.1 Å². The molecule has 1 N–H and O–H groups in total. The van der Waals surface area contributed by atoms with E-state index < -0.39 is 0 Å². The first-order valence-corrected chi connectivity index (χ1v) is 9.89. The Labute approximate surface area is 172 Å². The first kappa shape index (κ1) is 19.1. The van der Waals surface area contributed by atoms with Crippen molar-refractivity contribution in [3.63, 3.8) is 0 Å². The van der Waals surface area contributed by atoms with Crippen molar-refractivity contribution >= 4 is 68.4 Å². The van der Waals surface area contributed by atoms with Crippen molar-refractivity contribution in [1.82, 2.24) is 4.98 Å². The smallest absolute Gasteiger partial charge is 0.196 e. The summed E-state index contributed by atoms with van der Waals surface area (Å²) < 4.78 is 0. The Kier molecular flexibility index (Phi) is 5.82. The molecule has 0 saturated heterocycles. The second-order valence-electron chi connectivity index (χ2n) is 5.92. The minimum atomic E-state index is 0.474.